The zero-order valence-electron chi connectivity index (χ0n) is 19.4. The summed E-state index contributed by atoms with van der Waals surface area (Å²) in [6.45, 7) is 1.25. The van der Waals surface area contributed by atoms with Gasteiger partial charge < -0.3 is 26.8 Å². The smallest absolute Gasteiger partial charge is 0.257 e. The Morgan fingerprint density at radius 2 is 2.03 bits per heavy atom. The molecule has 0 bridgehead atoms. The highest BCUT2D eigenvalue weighted by Gasteiger charge is 2.28. The first-order valence-electron chi connectivity index (χ1n) is 11.3. The Balaban J connectivity index is 1.67. The highest BCUT2D eigenvalue weighted by molar-refractivity contribution is 5.99. The fourth-order valence-electron chi connectivity index (χ4n) is 3.95. The average Bonchev–Trinajstić information content (AvgIpc) is 3.55. The Bertz CT molecular complexity index is 1230. The molecule has 1 aliphatic rings. The third-order valence-electron chi connectivity index (χ3n) is 5.97. The minimum atomic E-state index is -2.59. The van der Waals surface area contributed by atoms with Gasteiger partial charge in [-0.3, -0.25) is 9.48 Å². The number of hydrogen-bond acceptors (Lipinski definition) is 7. The van der Waals surface area contributed by atoms with Crippen molar-refractivity contribution in [3.8, 4) is 5.88 Å². The van der Waals surface area contributed by atoms with Gasteiger partial charge in [0, 0.05) is 17.8 Å². The van der Waals surface area contributed by atoms with E-state index in [9.17, 15) is 18.0 Å². The van der Waals surface area contributed by atoms with E-state index in [4.69, 9.17) is 16.2 Å². The lowest BCUT2D eigenvalue weighted by Gasteiger charge is -2.24. The van der Waals surface area contributed by atoms with E-state index in [1.807, 2.05) is 6.92 Å². The molecule has 0 aliphatic heterocycles. The van der Waals surface area contributed by atoms with Crippen LogP contribution in [0.2, 0.25) is 0 Å². The summed E-state index contributed by atoms with van der Waals surface area (Å²) in [5.74, 6) is -0.893. The summed E-state index contributed by atoms with van der Waals surface area (Å²) in [5, 5.41) is 10.6. The van der Waals surface area contributed by atoms with Crippen LogP contribution in [-0.2, 0) is 6.54 Å². The number of benzene rings is 1. The third kappa shape index (κ3) is 5.59. The summed E-state index contributed by atoms with van der Waals surface area (Å²) < 4.78 is 47.1. The van der Waals surface area contributed by atoms with Crippen LogP contribution in [0.5, 0.6) is 5.88 Å². The lowest BCUT2D eigenvalue weighted by atomic mass is 10.0. The normalized spacial score (nSPS) is 15.3. The summed E-state index contributed by atoms with van der Waals surface area (Å²) in [5.41, 5.74) is 12.3. The van der Waals surface area contributed by atoms with E-state index >= 15 is 0 Å². The number of nitrogens with one attached hydrogen (secondary N) is 2. The van der Waals surface area contributed by atoms with Gasteiger partial charge in [-0.25, -0.2) is 18.2 Å². The number of aromatic nitrogens is 3. The number of methoxy groups -OCH3 is 1. The van der Waals surface area contributed by atoms with Crippen molar-refractivity contribution < 1.29 is 22.7 Å². The molecule has 0 radical (unpaired) electrons. The van der Waals surface area contributed by atoms with Crippen LogP contribution in [0, 0.1) is 11.7 Å². The number of carbonyl (C=O) groups is 1. The van der Waals surface area contributed by atoms with E-state index in [-0.39, 0.29) is 35.2 Å². The number of alkyl halides is 2. The molecule has 0 spiro atoms. The highest BCUT2D eigenvalue weighted by atomic mass is 19.3. The van der Waals surface area contributed by atoms with E-state index in [2.05, 4.69) is 20.7 Å². The maximum Gasteiger partial charge on any atom is 0.257 e. The number of rotatable bonds is 11. The number of fused-ring (bicyclic) bond motifs is 1. The van der Waals surface area contributed by atoms with Gasteiger partial charge in [-0.1, -0.05) is 12.8 Å². The molecule has 9 nitrogen and oxygen atoms in total. The first kappa shape index (κ1) is 24.6. The zero-order chi connectivity index (χ0) is 25.3. The van der Waals surface area contributed by atoms with Crippen molar-refractivity contribution in [1.29, 1.82) is 0 Å². The number of primary amides is 1. The molecule has 1 aromatic carbocycles. The Morgan fingerprint density at radius 1 is 1.29 bits per heavy atom. The molecule has 6 N–H and O–H groups in total. The van der Waals surface area contributed by atoms with E-state index in [1.165, 1.54) is 7.11 Å². The predicted octanol–water partition coefficient (Wildman–Crippen LogP) is 3.61. The molecule has 2 aromatic heterocycles. The monoisotopic (exact) mass is 491 g/mol. The van der Waals surface area contributed by atoms with Crippen molar-refractivity contribution >= 4 is 34.1 Å². The van der Waals surface area contributed by atoms with Gasteiger partial charge in [0.1, 0.15) is 12.4 Å². The second kappa shape index (κ2) is 9.98. The number of hydrogen-bond donors (Lipinski definition) is 4. The molecule has 0 unspecified atom stereocenters. The number of amides is 1. The predicted molar refractivity (Wildman–Crippen MR) is 127 cm³/mol. The van der Waals surface area contributed by atoms with E-state index < -0.39 is 24.7 Å². The number of carbonyl (C=O) groups excluding carboxylic acids is 1. The van der Waals surface area contributed by atoms with Gasteiger partial charge in [-0.2, -0.15) is 0 Å². The lowest BCUT2D eigenvalue weighted by molar-refractivity contribution is 0.1000. The van der Waals surface area contributed by atoms with Gasteiger partial charge in [0.25, 0.3) is 12.3 Å². The molecule has 1 saturated carbocycles. The zero-order valence-corrected chi connectivity index (χ0v) is 19.4. The Labute approximate surface area is 200 Å². The summed E-state index contributed by atoms with van der Waals surface area (Å²) in [4.78, 5) is 16.3. The van der Waals surface area contributed by atoms with Gasteiger partial charge in [0.15, 0.2) is 11.6 Å². The number of nitrogens with zero attached hydrogens (tertiary/aromatic N) is 3. The van der Waals surface area contributed by atoms with Gasteiger partial charge in [-0.05, 0) is 43.5 Å². The quantitative estimate of drug-likeness (QED) is 0.322. The van der Waals surface area contributed by atoms with Crippen molar-refractivity contribution in [3.05, 3.63) is 35.6 Å². The fourth-order valence-corrected chi connectivity index (χ4v) is 3.95. The van der Waals surface area contributed by atoms with E-state index in [0.717, 1.165) is 30.0 Å². The Morgan fingerprint density at radius 3 is 2.63 bits per heavy atom. The van der Waals surface area contributed by atoms with Crippen LogP contribution in [0.15, 0.2) is 24.3 Å². The lowest BCUT2D eigenvalue weighted by Crippen LogP contribution is -2.39. The van der Waals surface area contributed by atoms with Crippen LogP contribution in [0.3, 0.4) is 0 Å². The van der Waals surface area contributed by atoms with Crippen LogP contribution < -0.4 is 26.8 Å². The van der Waals surface area contributed by atoms with Gasteiger partial charge in [-0.15, -0.1) is 5.10 Å². The molecular formula is C23H28F3N7O2. The second-order valence-corrected chi connectivity index (χ2v) is 8.81. The van der Waals surface area contributed by atoms with Crippen molar-refractivity contribution in [1.82, 2.24) is 14.8 Å². The van der Waals surface area contributed by atoms with Crippen LogP contribution in [0.4, 0.5) is 30.5 Å². The van der Waals surface area contributed by atoms with Gasteiger partial charge in [0.2, 0.25) is 5.88 Å². The molecule has 1 aliphatic carbocycles. The van der Waals surface area contributed by atoms with Crippen LogP contribution in [0.1, 0.15) is 36.5 Å². The van der Waals surface area contributed by atoms with E-state index in [0.29, 0.717) is 22.5 Å². The van der Waals surface area contributed by atoms with Crippen molar-refractivity contribution in [2.45, 2.75) is 51.2 Å². The molecule has 2 atom stereocenters. The molecule has 1 fully saturated rings. The SMILES string of the molecule is COc1nn(CC(F)F)c2ccc(Nc3nc(N[C@H](CC4CC4)[C@H](C)N)c(F)cc3C(N)=O)cc12. The Kier molecular flexibility index (Phi) is 7.01. The number of nitrogens with two attached hydrogens (primary N) is 2. The molecule has 4 rings (SSSR count). The standard InChI is InChI=1S/C23H28F3N7O2/c1-11(27)17(7-12-3-4-12)30-22-16(24)9-15(20(28)34)21(31-22)29-13-5-6-18-14(8-13)23(35-2)32-33(18)10-19(25)26/h5-6,8-9,11-12,17,19H,3-4,7,10,27H2,1-2H3,(H2,28,34)(H2,29,30,31)/t11-,17+/m0/s1. The summed E-state index contributed by atoms with van der Waals surface area (Å²) >= 11 is 0. The minimum Gasteiger partial charge on any atom is -0.479 e. The molecule has 2 heterocycles. The van der Waals surface area contributed by atoms with Crippen molar-refractivity contribution in [2.24, 2.45) is 17.4 Å². The number of anilines is 3. The van der Waals surface area contributed by atoms with Crippen LogP contribution in [0.25, 0.3) is 10.9 Å². The molecular weight excluding hydrogens is 463 g/mol. The maximum atomic E-state index is 14.8. The maximum absolute atomic E-state index is 14.8. The van der Waals surface area contributed by atoms with Gasteiger partial charge in [0.05, 0.1) is 23.6 Å². The Hall–Kier alpha value is -3.54. The number of halogens is 3. The van der Waals surface area contributed by atoms with Gasteiger partial charge >= 0.3 is 0 Å². The summed E-state index contributed by atoms with van der Waals surface area (Å²) in [6.07, 6.45) is 0.438. The topological polar surface area (TPSA) is 133 Å². The molecule has 0 saturated heterocycles. The third-order valence-corrected chi connectivity index (χ3v) is 5.97. The largest absolute Gasteiger partial charge is 0.479 e. The highest BCUT2D eigenvalue weighted by Crippen LogP contribution is 2.35. The number of ether oxygens (including phenoxy) is 1. The van der Waals surface area contributed by atoms with Crippen LogP contribution in [-0.4, -0.2) is 46.3 Å². The molecule has 35 heavy (non-hydrogen) atoms. The molecule has 12 heteroatoms. The molecule has 188 valence electrons. The number of pyridine rings is 1. The summed E-state index contributed by atoms with van der Waals surface area (Å²) in [7, 11) is 1.38. The summed E-state index contributed by atoms with van der Waals surface area (Å²) in [6, 6.07) is 5.39. The molecule has 3 aromatic rings. The first-order chi connectivity index (χ1) is 16.7. The van der Waals surface area contributed by atoms with Crippen molar-refractivity contribution in [2.75, 3.05) is 17.7 Å². The average molecular weight is 492 g/mol. The van der Waals surface area contributed by atoms with Crippen molar-refractivity contribution in [3.63, 3.8) is 0 Å². The minimum absolute atomic E-state index is 0.0366. The first-order valence-corrected chi connectivity index (χ1v) is 11.3. The molecule has 1 amide bonds. The second-order valence-electron chi connectivity index (χ2n) is 8.81. The fraction of sp³-hybridized carbons (Fsp3) is 0.435. The van der Waals surface area contributed by atoms with Crippen LogP contribution >= 0.6 is 0 Å². The van der Waals surface area contributed by atoms with E-state index in [1.54, 1.807) is 18.2 Å².